The Balaban J connectivity index is 0.000000480. The molecule has 8 heteroatoms. The first kappa shape index (κ1) is 22.9. The molecule has 2 aromatic rings. The first-order valence-corrected chi connectivity index (χ1v) is 8.09. The number of ether oxygens (including phenoxy) is 1. The second-order valence-corrected chi connectivity index (χ2v) is 5.63. The van der Waals surface area contributed by atoms with Gasteiger partial charge in [-0.1, -0.05) is 54.6 Å². The lowest BCUT2D eigenvalue weighted by Crippen LogP contribution is -2.21. The van der Waals surface area contributed by atoms with Crippen LogP contribution in [0, 0.1) is 0 Å². The van der Waals surface area contributed by atoms with Crippen LogP contribution in [-0.2, 0) is 16.0 Å². The maximum absolute atomic E-state index is 11.3. The molecule has 5 nitrogen and oxygen atoms in total. The molecule has 0 unspecified atom stereocenters. The number of alkyl halides is 3. The van der Waals surface area contributed by atoms with Gasteiger partial charge >= 0.3 is 18.1 Å². The Bertz CT molecular complexity index is 787. The van der Waals surface area contributed by atoms with Gasteiger partial charge in [0.05, 0.1) is 12.7 Å². The van der Waals surface area contributed by atoms with Gasteiger partial charge in [-0.25, -0.2) is 9.59 Å². The summed E-state index contributed by atoms with van der Waals surface area (Å²) in [6.45, 7) is 0. The van der Waals surface area contributed by atoms with Crippen LogP contribution in [0.25, 0.3) is 6.08 Å². The van der Waals surface area contributed by atoms with Gasteiger partial charge < -0.3 is 15.6 Å². The number of hydrogen-bond acceptors (Lipinski definition) is 4. The van der Waals surface area contributed by atoms with E-state index in [4.69, 9.17) is 15.6 Å². The molecule has 1 atom stereocenters. The highest BCUT2D eigenvalue weighted by molar-refractivity contribution is 5.89. The smallest absolute Gasteiger partial charge is 0.475 e. The number of carbonyl (C=O) groups excluding carboxylic acids is 1. The van der Waals surface area contributed by atoms with Crippen LogP contribution in [0.15, 0.2) is 60.7 Å². The second-order valence-electron chi connectivity index (χ2n) is 5.63. The minimum atomic E-state index is -5.08. The predicted molar refractivity (Wildman–Crippen MR) is 98.6 cm³/mol. The standard InChI is InChI=1S/C18H19NO2.C2HF3O2/c1-21-18(20)16-10-7-14(8-11-16)9-12-17(19)13-15-5-3-2-4-6-15;3-2(4,5)1(6)7/h2-12,17H,13,19H2,1H3;(H,6,7)/b12-9+;/t17-;/m1./s1. The molecule has 0 aromatic heterocycles. The van der Waals surface area contributed by atoms with E-state index in [0.29, 0.717) is 5.56 Å². The molecular weight excluding hydrogens is 375 g/mol. The van der Waals surface area contributed by atoms with Crippen molar-refractivity contribution in [2.75, 3.05) is 7.11 Å². The van der Waals surface area contributed by atoms with Gasteiger partial charge in [0.1, 0.15) is 0 Å². The summed E-state index contributed by atoms with van der Waals surface area (Å²) >= 11 is 0. The van der Waals surface area contributed by atoms with Crippen LogP contribution in [0.2, 0.25) is 0 Å². The number of hydrogen-bond donors (Lipinski definition) is 2. The zero-order valence-corrected chi connectivity index (χ0v) is 15.0. The van der Waals surface area contributed by atoms with Crippen molar-refractivity contribution in [1.82, 2.24) is 0 Å². The average Bonchev–Trinajstić information content (AvgIpc) is 2.66. The van der Waals surface area contributed by atoms with Crippen LogP contribution in [0.5, 0.6) is 0 Å². The summed E-state index contributed by atoms with van der Waals surface area (Å²) in [7, 11) is 1.37. The van der Waals surface area contributed by atoms with Crippen molar-refractivity contribution in [1.29, 1.82) is 0 Å². The van der Waals surface area contributed by atoms with E-state index in [1.165, 1.54) is 12.7 Å². The SMILES string of the molecule is COC(=O)c1ccc(/C=C/[C@@H](N)Cc2ccccc2)cc1.O=C(O)C(F)(F)F. The van der Waals surface area contributed by atoms with Gasteiger partial charge in [0.25, 0.3) is 0 Å². The maximum atomic E-state index is 11.3. The van der Waals surface area contributed by atoms with Crippen LogP contribution in [0.1, 0.15) is 21.5 Å². The molecule has 0 bridgehead atoms. The summed E-state index contributed by atoms with van der Waals surface area (Å²) in [6, 6.07) is 17.4. The van der Waals surface area contributed by atoms with E-state index in [2.05, 4.69) is 16.9 Å². The molecule has 0 saturated heterocycles. The zero-order valence-electron chi connectivity index (χ0n) is 15.0. The molecular formula is C20H20F3NO4. The Morgan fingerprint density at radius 1 is 1.11 bits per heavy atom. The summed E-state index contributed by atoms with van der Waals surface area (Å²) in [5, 5.41) is 7.12. The van der Waals surface area contributed by atoms with Crippen molar-refractivity contribution >= 4 is 18.0 Å². The molecule has 0 aliphatic heterocycles. The average molecular weight is 395 g/mol. The number of halogens is 3. The third-order valence-electron chi connectivity index (χ3n) is 3.42. The second kappa shape index (κ2) is 10.9. The highest BCUT2D eigenvalue weighted by Gasteiger charge is 2.38. The van der Waals surface area contributed by atoms with Gasteiger partial charge in [-0.15, -0.1) is 0 Å². The van der Waals surface area contributed by atoms with Gasteiger partial charge in [0.2, 0.25) is 0 Å². The summed E-state index contributed by atoms with van der Waals surface area (Å²) in [5.41, 5.74) is 8.86. The van der Waals surface area contributed by atoms with E-state index < -0.39 is 12.1 Å². The fourth-order valence-corrected chi connectivity index (χ4v) is 2.04. The third-order valence-corrected chi connectivity index (χ3v) is 3.42. The Morgan fingerprint density at radius 3 is 2.11 bits per heavy atom. The number of esters is 1. The summed E-state index contributed by atoms with van der Waals surface area (Å²) in [5.74, 6) is -3.08. The van der Waals surface area contributed by atoms with Gasteiger partial charge in [-0.05, 0) is 29.7 Å². The molecule has 2 rings (SSSR count). The van der Waals surface area contributed by atoms with Crippen molar-refractivity contribution in [3.63, 3.8) is 0 Å². The van der Waals surface area contributed by atoms with E-state index in [9.17, 15) is 18.0 Å². The molecule has 0 amide bonds. The molecule has 28 heavy (non-hydrogen) atoms. The normalized spacial score (nSPS) is 12.0. The Morgan fingerprint density at radius 2 is 1.64 bits per heavy atom. The van der Waals surface area contributed by atoms with Crippen LogP contribution < -0.4 is 5.73 Å². The van der Waals surface area contributed by atoms with E-state index >= 15 is 0 Å². The van der Waals surface area contributed by atoms with Crippen molar-refractivity contribution in [3.8, 4) is 0 Å². The molecule has 0 aliphatic carbocycles. The minimum absolute atomic E-state index is 0.0346. The number of methoxy groups -OCH3 is 1. The number of rotatable bonds is 5. The van der Waals surface area contributed by atoms with Gasteiger partial charge in [0, 0.05) is 6.04 Å². The van der Waals surface area contributed by atoms with Crippen molar-refractivity contribution < 1.29 is 32.6 Å². The fraction of sp³-hybridized carbons (Fsp3) is 0.200. The number of carbonyl (C=O) groups is 2. The van der Waals surface area contributed by atoms with Crippen molar-refractivity contribution in [2.24, 2.45) is 5.73 Å². The number of carboxylic acid groups (broad SMARTS) is 1. The molecule has 0 spiro atoms. The van der Waals surface area contributed by atoms with E-state index in [1.807, 2.05) is 42.5 Å². The van der Waals surface area contributed by atoms with Crippen molar-refractivity contribution in [3.05, 3.63) is 77.4 Å². The number of nitrogens with two attached hydrogens (primary N) is 1. The fourth-order valence-electron chi connectivity index (χ4n) is 2.04. The lowest BCUT2D eigenvalue weighted by atomic mass is 10.0. The van der Waals surface area contributed by atoms with Crippen LogP contribution in [0.4, 0.5) is 13.2 Å². The molecule has 0 aliphatic rings. The van der Waals surface area contributed by atoms with Crippen LogP contribution in [0.3, 0.4) is 0 Å². The highest BCUT2D eigenvalue weighted by Crippen LogP contribution is 2.13. The third kappa shape index (κ3) is 8.50. The summed E-state index contributed by atoms with van der Waals surface area (Å²) < 4.78 is 36.4. The number of aliphatic carboxylic acids is 1. The predicted octanol–water partition coefficient (Wildman–Crippen LogP) is 3.69. The van der Waals surface area contributed by atoms with E-state index in [-0.39, 0.29) is 12.0 Å². The molecule has 0 fully saturated rings. The summed E-state index contributed by atoms with van der Waals surface area (Å²) in [6.07, 6.45) is -0.341. The minimum Gasteiger partial charge on any atom is -0.475 e. The lowest BCUT2D eigenvalue weighted by molar-refractivity contribution is -0.192. The van der Waals surface area contributed by atoms with E-state index in [0.717, 1.165) is 12.0 Å². The Labute approximate surface area is 160 Å². The topological polar surface area (TPSA) is 89.6 Å². The monoisotopic (exact) mass is 395 g/mol. The number of carboxylic acids is 1. The lowest BCUT2D eigenvalue weighted by Gasteiger charge is -2.06. The van der Waals surface area contributed by atoms with Gasteiger partial charge in [-0.2, -0.15) is 13.2 Å². The first-order chi connectivity index (χ1) is 13.1. The maximum Gasteiger partial charge on any atom is 0.490 e. The number of benzene rings is 2. The molecule has 3 N–H and O–H groups in total. The molecule has 0 saturated carbocycles. The Hall–Kier alpha value is -3.13. The largest absolute Gasteiger partial charge is 0.490 e. The molecule has 150 valence electrons. The van der Waals surface area contributed by atoms with Crippen LogP contribution >= 0.6 is 0 Å². The van der Waals surface area contributed by atoms with Gasteiger partial charge in [0.15, 0.2) is 0 Å². The first-order valence-electron chi connectivity index (χ1n) is 8.09. The Kier molecular flexibility index (Phi) is 8.90. The van der Waals surface area contributed by atoms with E-state index in [1.54, 1.807) is 12.1 Å². The summed E-state index contributed by atoms with van der Waals surface area (Å²) in [4.78, 5) is 20.2. The quantitative estimate of drug-likeness (QED) is 0.754. The van der Waals surface area contributed by atoms with Crippen molar-refractivity contribution in [2.45, 2.75) is 18.6 Å². The van der Waals surface area contributed by atoms with Gasteiger partial charge in [-0.3, -0.25) is 0 Å². The van der Waals surface area contributed by atoms with Crippen LogP contribution in [-0.4, -0.2) is 36.4 Å². The molecule has 0 radical (unpaired) electrons. The highest BCUT2D eigenvalue weighted by atomic mass is 19.4. The molecule has 2 aromatic carbocycles. The zero-order chi connectivity index (χ0) is 21.2. The molecule has 0 heterocycles.